The Morgan fingerprint density at radius 1 is 0.905 bits per heavy atom. The third-order valence-electron chi connectivity index (χ3n) is 3.56. The van der Waals surface area contributed by atoms with Gasteiger partial charge in [0.15, 0.2) is 0 Å². The summed E-state index contributed by atoms with van der Waals surface area (Å²) >= 11 is 0. The molecule has 0 aromatic heterocycles. The standard InChI is InChI=1S/C19H17NO/c1-13(11-14(2)21)20-17-10-9-16-8-7-15-5-3-4-6-18(15)19(16)12-17/h3-10,12H,11H2,1-2H3. The first kappa shape index (κ1) is 13.5. The minimum Gasteiger partial charge on any atom is -0.300 e. The lowest BCUT2D eigenvalue weighted by molar-refractivity contribution is -0.115. The largest absolute Gasteiger partial charge is 0.300 e. The molecule has 3 aromatic rings. The Bertz CT molecular complexity index is 862. The van der Waals surface area contributed by atoms with E-state index in [0.29, 0.717) is 6.42 Å². The highest BCUT2D eigenvalue weighted by Crippen LogP contribution is 2.28. The lowest BCUT2D eigenvalue weighted by Crippen LogP contribution is -1.98. The topological polar surface area (TPSA) is 29.4 Å². The van der Waals surface area contributed by atoms with Crippen LogP contribution in [-0.4, -0.2) is 11.5 Å². The molecule has 0 aliphatic carbocycles. The Labute approximate surface area is 124 Å². The molecular formula is C19H17NO. The predicted octanol–water partition coefficient (Wildman–Crippen LogP) is 5.06. The third-order valence-corrected chi connectivity index (χ3v) is 3.56. The maximum absolute atomic E-state index is 11.2. The number of carbonyl (C=O) groups is 1. The highest BCUT2D eigenvalue weighted by Gasteiger charge is 2.02. The van der Waals surface area contributed by atoms with E-state index in [0.717, 1.165) is 11.4 Å². The lowest BCUT2D eigenvalue weighted by Gasteiger charge is -2.05. The van der Waals surface area contributed by atoms with Gasteiger partial charge < -0.3 is 0 Å². The molecule has 3 aromatic carbocycles. The second-order valence-electron chi connectivity index (χ2n) is 5.42. The molecule has 2 nitrogen and oxygen atoms in total. The fraction of sp³-hybridized carbons (Fsp3) is 0.158. The summed E-state index contributed by atoms with van der Waals surface area (Å²) in [5.74, 6) is 0.141. The van der Waals surface area contributed by atoms with Crippen molar-refractivity contribution in [1.82, 2.24) is 0 Å². The Balaban J connectivity index is 2.14. The number of nitrogens with zero attached hydrogens (tertiary/aromatic N) is 1. The van der Waals surface area contributed by atoms with Crippen molar-refractivity contribution in [3.05, 3.63) is 54.6 Å². The van der Waals surface area contributed by atoms with Crippen molar-refractivity contribution in [2.75, 3.05) is 0 Å². The summed E-state index contributed by atoms with van der Waals surface area (Å²) in [7, 11) is 0. The first-order valence-corrected chi connectivity index (χ1v) is 7.08. The van der Waals surface area contributed by atoms with Crippen LogP contribution >= 0.6 is 0 Å². The van der Waals surface area contributed by atoms with Crippen molar-refractivity contribution in [2.24, 2.45) is 4.99 Å². The molecule has 104 valence electrons. The molecule has 0 fully saturated rings. The average molecular weight is 275 g/mol. The number of hydrogen-bond donors (Lipinski definition) is 0. The summed E-state index contributed by atoms with van der Waals surface area (Å²) in [6, 6.07) is 18.8. The molecule has 0 unspecified atom stereocenters. The van der Waals surface area contributed by atoms with Gasteiger partial charge >= 0.3 is 0 Å². The van der Waals surface area contributed by atoms with Crippen LogP contribution in [-0.2, 0) is 4.79 Å². The van der Waals surface area contributed by atoms with Crippen LogP contribution in [0.25, 0.3) is 21.5 Å². The minimum absolute atomic E-state index is 0.141. The van der Waals surface area contributed by atoms with Crippen molar-refractivity contribution in [3.63, 3.8) is 0 Å². The van der Waals surface area contributed by atoms with E-state index in [9.17, 15) is 4.79 Å². The van der Waals surface area contributed by atoms with Crippen molar-refractivity contribution < 1.29 is 4.79 Å². The monoisotopic (exact) mass is 275 g/mol. The first-order chi connectivity index (χ1) is 10.1. The third kappa shape index (κ3) is 2.84. The Hall–Kier alpha value is -2.48. The van der Waals surface area contributed by atoms with Crippen molar-refractivity contribution in [3.8, 4) is 0 Å². The van der Waals surface area contributed by atoms with Crippen molar-refractivity contribution in [2.45, 2.75) is 20.3 Å². The molecule has 0 N–H and O–H groups in total. The number of carbonyl (C=O) groups excluding carboxylic acids is 1. The van der Waals surface area contributed by atoms with Crippen LogP contribution < -0.4 is 0 Å². The van der Waals surface area contributed by atoms with E-state index in [4.69, 9.17) is 0 Å². The molecule has 0 aliphatic heterocycles. The van der Waals surface area contributed by atoms with Crippen molar-refractivity contribution in [1.29, 1.82) is 0 Å². The van der Waals surface area contributed by atoms with Crippen LogP contribution in [0.4, 0.5) is 5.69 Å². The first-order valence-electron chi connectivity index (χ1n) is 7.08. The summed E-state index contributed by atoms with van der Waals surface area (Å²) < 4.78 is 0. The Morgan fingerprint density at radius 3 is 2.33 bits per heavy atom. The summed E-state index contributed by atoms with van der Waals surface area (Å²) in [4.78, 5) is 15.7. The zero-order valence-electron chi connectivity index (χ0n) is 12.3. The van der Waals surface area contributed by atoms with Gasteiger partial charge in [-0.15, -0.1) is 0 Å². The number of hydrogen-bond acceptors (Lipinski definition) is 2. The molecule has 3 rings (SSSR count). The molecule has 0 heterocycles. The van der Waals surface area contributed by atoms with E-state index >= 15 is 0 Å². The Kier molecular flexibility index (Phi) is 3.53. The number of aliphatic imine (C=N–C) groups is 1. The van der Waals surface area contributed by atoms with E-state index in [1.165, 1.54) is 21.5 Å². The normalized spacial score (nSPS) is 12.0. The Morgan fingerprint density at radius 2 is 1.57 bits per heavy atom. The van der Waals surface area contributed by atoms with Gasteiger partial charge in [0.05, 0.1) is 5.69 Å². The van der Waals surface area contributed by atoms with Gasteiger partial charge in [-0.2, -0.15) is 0 Å². The molecule has 0 radical (unpaired) electrons. The van der Waals surface area contributed by atoms with Crippen LogP contribution in [0.3, 0.4) is 0 Å². The number of Topliss-reactive ketones (excluding diaryl/α,β-unsaturated/α-hetero) is 1. The van der Waals surface area contributed by atoms with E-state index in [1.54, 1.807) is 6.92 Å². The number of rotatable bonds is 3. The van der Waals surface area contributed by atoms with E-state index in [2.05, 4.69) is 47.5 Å². The maximum atomic E-state index is 11.2. The molecule has 21 heavy (non-hydrogen) atoms. The maximum Gasteiger partial charge on any atom is 0.135 e. The molecule has 0 aliphatic rings. The van der Waals surface area contributed by atoms with E-state index in [1.807, 2.05) is 19.1 Å². The second-order valence-corrected chi connectivity index (χ2v) is 5.42. The summed E-state index contributed by atoms with van der Waals surface area (Å²) in [5.41, 5.74) is 1.75. The number of ketones is 1. The zero-order valence-corrected chi connectivity index (χ0v) is 12.3. The SMILES string of the molecule is CC(=O)CC(C)=Nc1ccc2ccc3ccccc3c2c1. The smallest absolute Gasteiger partial charge is 0.135 e. The van der Waals surface area contributed by atoms with Gasteiger partial charge in [0, 0.05) is 12.1 Å². The van der Waals surface area contributed by atoms with Gasteiger partial charge in [0.25, 0.3) is 0 Å². The van der Waals surface area contributed by atoms with Gasteiger partial charge in [0.1, 0.15) is 5.78 Å². The number of fused-ring (bicyclic) bond motifs is 3. The highest BCUT2D eigenvalue weighted by atomic mass is 16.1. The van der Waals surface area contributed by atoms with Gasteiger partial charge in [-0.1, -0.05) is 42.5 Å². The summed E-state index contributed by atoms with van der Waals surface area (Å²) in [6.45, 7) is 3.49. The quantitative estimate of drug-likeness (QED) is 0.485. The summed E-state index contributed by atoms with van der Waals surface area (Å²) in [5, 5.41) is 4.87. The molecule has 2 heteroatoms. The molecular weight excluding hydrogens is 258 g/mol. The summed E-state index contributed by atoms with van der Waals surface area (Å²) in [6.07, 6.45) is 0.410. The average Bonchev–Trinajstić information content (AvgIpc) is 2.46. The highest BCUT2D eigenvalue weighted by molar-refractivity contribution is 6.08. The second kappa shape index (κ2) is 5.49. The molecule has 0 spiro atoms. The molecule has 0 saturated carbocycles. The van der Waals surface area contributed by atoms with Crippen molar-refractivity contribution >= 4 is 38.7 Å². The van der Waals surface area contributed by atoms with Crippen LogP contribution in [0.5, 0.6) is 0 Å². The molecule has 0 amide bonds. The number of benzene rings is 3. The van der Waals surface area contributed by atoms with Crippen LogP contribution in [0, 0.1) is 0 Å². The fourth-order valence-electron chi connectivity index (χ4n) is 2.68. The van der Waals surface area contributed by atoms with Gasteiger partial charge in [-0.25, -0.2) is 0 Å². The molecule has 0 saturated heterocycles. The fourth-order valence-corrected chi connectivity index (χ4v) is 2.68. The zero-order chi connectivity index (χ0) is 14.8. The minimum atomic E-state index is 0.141. The van der Waals surface area contributed by atoms with E-state index < -0.39 is 0 Å². The molecule has 0 atom stereocenters. The van der Waals surface area contributed by atoms with Crippen LogP contribution in [0.15, 0.2) is 59.6 Å². The van der Waals surface area contributed by atoms with Crippen LogP contribution in [0.2, 0.25) is 0 Å². The lowest BCUT2D eigenvalue weighted by atomic mass is 10.0. The van der Waals surface area contributed by atoms with E-state index in [-0.39, 0.29) is 5.78 Å². The predicted molar refractivity (Wildman–Crippen MR) is 89.5 cm³/mol. The van der Waals surface area contributed by atoms with Gasteiger partial charge in [-0.3, -0.25) is 9.79 Å². The molecule has 0 bridgehead atoms. The van der Waals surface area contributed by atoms with Gasteiger partial charge in [-0.05, 0) is 47.5 Å². The van der Waals surface area contributed by atoms with Crippen LogP contribution in [0.1, 0.15) is 20.3 Å². The van der Waals surface area contributed by atoms with Gasteiger partial charge in [0.2, 0.25) is 0 Å².